The molecule has 0 amide bonds. The van der Waals surface area contributed by atoms with E-state index in [1.54, 1.807) is 11.3 Å². The van der Waals surface area contributed by atoms with E-state index >= 15 is 0 Å². The standard InChI is InChI=1S/C11H20N2S/c1-5-7(2)10(12)6-11-13-8(3)9(4)14-11/h7,10H,5-6,12H2,1-4H3. The highest BCUT2D eigenvalue weighted by Crippen LogP contribution is 2.19. The van der Waals surface area contributed by atoms with E-state index in [-0.39, 0.29) is 6.04 Å². The van der Waals surface area contributed by atoms with Crippen molar-refractivity contribution < 1.29 is 0 Å². The van der Waals surface area contributed by atoms with Gasteiger partial charge in [0.2, 0.25) is 0 Å². The molecule has 1 aromatic rings. The first kappa shape index (κ1) is 11.7. The van der Waals surface area contributed by atoms with Crippen molar-refractivity contribution in [3.63, 3.8) is 0 Å². The van der Waals surface area contributed by atoms with Crippen molar-refractivity contribution in [1.82, 2.24) is 4.98 Å². The van der Waals surface area contributed by atoms with Gasteiger partial charge in [0.25, 0.3) is 0 Å². The van der Waals surface area contributed by atoms with Crippen molar-refractivity contribution >= 4 is 11.3 Å². The lowest BCUT2D eigenvalue weighted by Crippen LogP contribution is -2.30. The van der Waals surface area contributed by atoms with Crippen LogP contribution in [0, 0.1) is 19.8 Å². The summed E-state index contributed by atoms with van der Waals surface area (Å²) in [6, 6.07) is 0.255. The first-order chi connectivity index (χ1) is 6.54. The van der Waals surface area contributed by atoms with Crippen molar-refractivity contribution in [3.8, 4) is 0 Å². The first-order valence-corrected chi connectivity index (χ1v) is 6.04. The SMILES string of the molecule is CCC(C)C(N)Cc1nc(C)c(C)s1. The monoisotopic (exact) mass is 212 g/mol. The van der Waals surface area contributed by atoms with Crippen LogP contribution in [0.25, 0.3) is 0 Å². The number of hydrogen-bond donors (Lipinski definition) is 1. The number of aryl methyl sites for hydroxylation is 2. The molecule has 1 heterocycles. The molecule has 14 heavy (non-hydrogen) atoms. The average molecular weight is 212 g/mol. The van der Waals surface area contributed by atoms with E-state index in [9.17, 15) is 0 Å². The van der Waals surface area contributed by atoms with Crippen molar-refractivity contribution in [2.75, 3.05) is 0 Å². The topological polar surface area (TPSA) is 38.9 Å². The second-order valence-electron chi connectivity index (χ2n) is 4.00. The Morgan fingerprint density at radius 1 is 1.43 bits per heavy atom. The Hall–Kier alpha value is -0.410. The van der Waals surface area contributed by atoms with Gasteiger partial charge in [0.05, 0.1) is 10.7 Å². The Kier molecular flexibility index (Phi) is 4.08. The van der Waals surface area contributed by atoms with E-state index in [4.69, 9.17) is 5.73 Å². The van der Waals surface area contributed by atoms with Crippen LogP contribution in [0.4, 0.5) is 0 Å². The minimum atomic E-state index is 0.255. The second-order valence-corrected chi connectivity index (χ2v) is 5.29. The molecule has 0 spiro atoms. The number of rotatable bonds is 4. The van der Waals surface area contributed by atoms with Gasteiger partial charge in [-0.3, -0.25) is 0 Å². The van der Waals surface area contributed by atoms with Crippen LogP contribution in [0.5, 0.6) is 0 Å². The number of aromatic nitrogens is 1. The van der Waals surface area contributed by atoms with Gasteiger partial charge in [-0.1, -0.05) is 20.3 Å². The van der Waals surface area contributed by atoms with Gasteiger partial charge in [-0.05, 0) is 19.8 Å². The summed E-state index contributed by atoms with van der Waals surface area (Å²) in [6.45, 7) is 8.57. The Morgan fingerprint density at radius 3 is 2.50 bits per heavy atom. The van der Waals surface area contributed by atoms with E-state index in [0.29, 0.717) is 5.92 Å². The number of nitrogens with two attached hydrogens (primary N) is 1. The molecule has 0 saturated heterocycles. The zero-order valence-electron chi connectivity index (χ0n) is 9.50. The Bertz CT molecular complexity index is 274. The number of nitrogens with zero attached hydrogens (tertiary/aromatic N) is 1. The van der Waals surface area contributed by atoms with Gasteiger partial charge in [0.1, 0.15) is 0 Å². The fraction of sp³-hybridized carbons (Fsp3) is 0.727. The molecule has 2 atom stereocenters. The zero-order chi connectivity index (χ0) is 10.7. The highest BCUT2D eigenvalue weighted by molar-refractivity contribution is 7.11. The summed E-state index contributed by atoms with van der Waals surface area (Å²) in [7, 11) is 0. The fourth-order valence-corrected chi connectivity index (χ4v) is 2.34. The van der Waals surface area contributed by atoms with Crippen LogP contribution in [0.3, 0.4) is 0 Å². The van der Waals surface area contributed by atoms with Gasteiger partial charge in [0, 0.05) is 17.3 Å². The molecule has 1 aromatic heterocycles. The van der Waals surface area contributed by atoms with E-state index in [1.807, 2.05) is 0 Å². The molecule has 0 aliphatic carbocycles. The maximum atomic E-state index is 6.09. The van der Waals surface area contributed by atoms with Gasteiger partial charge in [0.15, 0.2) is 0 Å². The van der Waals surface area contributed by atoms with Gasteiger partial charge in [-0.25, -0.2) is 4.98 Å². The predicted molar refractivity (Wildman–Crippen MR) is 62.7 cm³/mol. The van der Waals surface area contributed by atoms with E-state index < -0.39 is 0 Å². The Morgan fingerprint density at radius 2 is 2.07 bits per heavy atom. The molecular formula is C11H20N2S. The van der Waals surface area contributed by atoms with Crippen LogP contribution in [0.1, 0.15) is 35.8 Å². The lowest BCUT2D eigenvalue weighted by molar-refractivity contribution is 0.439. The van der Waals surface area contributed by atoms with Crippen molar-refractivity contribution in [2.45, 2.75) is 46.6 Å². The highest BCUT2D eigenvalue weighted by Gasteiger charge is 2.13. The zero-order valence-corrected chi connectivity index (χ0v) is 10.3. The van der Waals surface area contributed by atoms with E-state index in [0.717, 1.165) is 18.5 Å². The van der Waals surface area contributed by atoms with Gasteiger partial charge >= 0.3 is 0 Å². The third-order valence-corrected chi connectivity index (χ3v) is 3.95. The molecular weight excluding hydrogens is 192 g/mol. The molecule has 0 fully saturated rings. The molecule has 0 bridgehead atoms. The molecule has 1 rings (SSSR count). The highest BCUT2D eigenvalue weighted by atomic mass is 32.1. The number of hydrogen-bond acceptors (Lipinski definition) is 3. The molecule has 2 unspecified atom stereocenters. The molecule has 80 valence electrons. The average Bonchev–Trinajstić information content (AvgIpc) is 2.44. The summed E-state index contributed by atoms with van der Waals surface area (Å²) in [6.07, 6.45) is 2.07. The van der Waals surface area contributed by atoms with Crippen molar-refractivity contribution in [1.29, 1.82) is 0 Å². The van der Waals surface area contributed by atoms with E-state index in [1.165, 1.54) is 9.88 Å². The van der Waals surface area contributed by atoms with Crippen LogP contribution in [0.15, 0.2) is 0 Å². The number of thiazole rings is 1. The first-order valence-electron chi connectivity index (χ1n) is 5.23. The summed E-state index contributed by atoms with van der Waals surface area (Å²) in [4.78, 5) is 5.82. The molecule has 3 heteroatoms. The third-order valence-electron chi connectivity index (χ3n) is 2.86. The molecule has 0 aliphatic heterocycles. The second kappa shape index (κ2) is 4.89. The van der Waals surface area contributed by atoms with Crippen molar-refractivity contribution in [3.05, 3.63) is 15.6 Å². The molecule has 0 aliphatic rings. The molecule has 2 N–H and O–H groups in total. The van der Waals surface area contributed by atoms with E-state index in [2.05, 4.69) is 32.7 Å². The largest absolute Gasteiger partial charge is 0.327 e. The normalized spacial score (nSPS) is 15.5. The van der Waals surface area contributed by atoms with Crippen LogP contribution in [0.2, 0.25) is 0 Å². The van der Waals surface area contributed by atoms with Crippen LogP contribution in [-0.2, 0) is 6.42 Å². The van der Waals surface area contributed by atoms with Gasteiger partial charge < -0.3 is 5.73 Å². The summed E-state index contributed by atoms with van der Waals surface area (Å²) in [5, 5.41) is 1.19. The molecule has 2 nitrogen and oxygen atoms in total. The van der Waals surface area contributed by atoms with Crippen molar-refractivity contribution in [2.24, 2.45) is 11.7 Å². The van der Waals surface area contributed by atoms with Crippen LogP contribution < -0.4 is 5.73 Å². The quantitative estimate of drug-likeness (QED) is 0.833. The van der Waals surface area contributed by atoms with Crippen LogP contribution in [-0.4, -0.2) is 11.0 Å². The maximum absolute atomic E-state index is 6.09. The molecule has 0 saturated carbocycles. The lowest BCUT2D eigenvalue weighted by Gasteiger charge is -2.16. The van der Waals surface area contributed by atoms with Gasteiger partial charge in [-0.15, -0.1) is 11.3 Å². The third kappa shape index (κ3) is 2.79. The lowest BCUT2D eigenvalue weighted by atomic mass is 9.98. The summed E-state index contributed by atoms with van der Waals surface area (Å²) in [5.74, 6) is 0.583. The molecule has 0 aromatic carbocycles. The maximum Gasteiger partial charge on any atom is 0.0946 e. The van der Waals surface area contributed by atoms with Gasteiger partial charge in [-0.2, -0.15) is 0 Å². The summed E-state index contributed by atoms with van der Waals surface area (Å²) < 4.78 is 0. The summed E-state index contributed by atoms with van der Waals surface area (Å²) in [5.41, 5.74) is 7.24. The fourth-order valence-electron chi connectivity index (χ4n) is 1.33. The molecule has 0 radical (unpaired) electrons. The smallest absolute Gasteiger partial charge is 0.0946 e. The van der Waals surface area contributed by atoms with Crippen LogP contribution >= 0.6 is 11.3 Å². The predicted octanol–water partition coefficient (Wildman–Crippen LogP) is 2.68. The Balaban J connectivity index is 2.60. The Labute approximate surface area is 90.6 Å². The summed E-state index contributed by atoms with van der Waals surface area (Å²) >= 11 is 1.78. The minimum Gasteiger partial charge on any atom is -0.327 e. The minimum absolute atomic E-state index is 0.255.